The molecule has 1 saturated heterocycles. The van der Waals surface area contributed by atoms with Gasteiger partial charge in [0.25, 0.3) is 0 Å². The molecule has 0 aliphatic carbocycles. The summed E-state index contributed by atoms with van der Waals surface area (Å²) < 4.78 is 12.6. The van der Waals surface area contributed by atoms with Crippen LogP contribution in [0.15, 0.2) is 46.0 Å². The number of fused-ring (bicyclic) bond motifs is 1. The number of nitrogens with zero attached hydrogens (tertiary/aromatic N) is 3. The zero-order valence-electron chi connectivity index (χ0n) is 16.4. The van der Waals surface area contributed by atoms with Gasteiger partial charge in [-0.05, 0) is 43.7 Å². The predicted octanol–water partition coefficient (Wildman–Crippen LogP) is 5.23. The number of aliphatic imine (C=N–C) groups is 1. The van der Waals surface area contributed by atoms with E-state index in [1.165, 1.54) is 0 Å². The molecule has 148 valence electrons. The summed E-state index contributed by atoms with van der Waals surface area (Å²) in [6.07, 6.45) is 1.91. The number of amidine groups is 1. The van der Waals surface area contributed by atoms with Crippen molar-refractivity contribution >= 4 is 32.9 Å². The van der Waals surface area contributed by atoms with Gasteiger partial charge in [0.1, 0.15) is 6.04 Å². The minimum atomic E-state index is -0.0472. The van der Waals surface area contributed by atoms with E-state index in [9.17, 15) is 0 Å². The summed E-state index contributed by atoms with van der Waals surface area (Å²) in [5.74, 6) is 1.48. The molecule has 0 unspecified atom stereocenters. The Labute approximate surface area is 178 Å². The van der Waals surface area contributed by atoms with Crippen LogP contribution < -0.4 is 9.47 Å². The number of aromatic nitrogens is 1. The number of halogens is 1. The van der Waals surface area contributed by atoms with E-state index in [1.54, 1.807) is 7.11 Å². The quantitative estimate of drug-likeness (QED) is 0.609. The topological polar surface area (TPSA) is 47.0 Å². The highest BCUT2D eigenvalue weighted by atomic mass is 79.9. The van der Waals surface area contributed by atoms with Crippen molar-refractivity contribution in [3.63, 3.8) is 0 Å². The van der Waals surface area contributed by atoms with Crippen molar-refractivity contribution in [3.8, 4) is 11.5 Å². The minimum absolute atomic E-state index is 0.0472. The summed E-state index contributed by atoms with van der Waals surface area (Å²) in [6.45, 7) is 7.24. The molecule has 0 radical (unpaired) electrons. The standard InChI is InChI=1S/C21H24BrN3O2S/c1-12(2)27-18-10-15(22)14(9-17(18)26-4)20-19(16-7-5-6-8-23-16)24-21-25(20)11-13(3)28-21/h5-10,12-13,19-20H,11H2,1-4H3/t13-,19-,20-/m0/s1. The molecule has 0 saturated carbocycles. The van der Waals surface area contributed by atoms with E-state index in [0.29, 0.717) is 5.25 Å². The molecule has 2 aliphatic heterocycles. The Morgan fingerprint density at radius 3 is 2.75 bits per heavy atom. The molecule has 3 heterocycles. The molecular formula is C21H24BrN3O2S. The van der Waals surface area contributed by atoms with Crippen LogP contribution in [0.5, 0.6) is 11.5 Å². The molecule has 3 atom stereocenters. The number of hydrogen-bond acceptors (Lipinski definition) is 6. The second-order valence-electron chi connectivity index (χ2n) is 7.33. The van der Waals surface area contributed by atoms with Crippen LogP contribution in [0.25, 0.3) is 0 Å². The number of rotatable bonds is 5. The van der Waals surface area contributed by atoms with Gasteiger partial charge in [-0.2, -0.15) is 0 Å². The number of benzene rings is 1. The van der Waals surface area contributed by atoms with E-state index in [1.807, 2.05) is 50.0 Å². The van der Waals surface area contributed by atoms with E-state index in [-0.39, 0.29) is 18.2 Å². The maximum Gasteiger partial charge on any atom is 0.162 e. The molecule has 2 aliphatic rings. The van der Waals surface area contributed by atoms with Gasteiger partial charge >= 0.3 is 0 Å². The minimum Gasteiger partial charge on any atom is -0.493 e. The summed E-state index contributed by atoms with van der Waals surface area (Å²) >= 11 is 5.62. The molecule has 7 heteroatoms. The molecule has 0 N–H and O–H groups in total. The lowest BCUT2D eigenvalue weighted by molar-refractivity contribution is 0.229. The van der Waals surface area contributed by atoms with Gasteiger partial charge in [-0.1, -0.05) is 40.7 Å². The summed E-state index contributed by atoms with van der Waals surface area (Å²) in [5, 5.41) is 1.62. The monoisotopic (exact) mass is 461 g/mol. The second-order valence-corrected chi connectivity index (χ2v) is 9.59. The zero-order chi connectivity index (χ0) is 19.8. The third kappa shape index (κ3) is 3.62. The second kappa shape index (κ2) is 7.95. The van der Waals surface area contributed by atoms with Crippen molar-refractivity contribution in [2.45, 2.75) is 44.2 Å². The van der Waals surface area contributed by atoms with Gasteiger partial charge in [-0.15, -0.1) is 0 Å². The van der Waals surface area contributed by atoms with Crippen molar-refractivity contribution < 1.29 is 9.47 Å². The van der Waals surface area contributed by atoms with Gasteiger partial charge in [0, 0.05) is 22.5 Å². The molecule has 1 fully saturated rings. The van der Waals surface area contributed by atoms with Crippen LogP contribution in [0.1, 0.15) is 44.1 Å². The fourth-order valence-corrected chi connectivity index (χ4v) is 5.39. The first kappa shape index (κ1) is 19.6. The maximum absolute atomic E-state index is 5.94. The lowest BCUT2D eigenvalue weighted by Crippen LogP contribution is -2.29. The predicted molar refractivity (Wildman–Crippen MR) is 117 cm³/mol. The van der Waals surface area contributed by atoms with Gasteiger partial charge < -0.3 is 14.4 Å². The van der Waals surface area contributed by atoms with Crippen LogP contribution in [-0.4, -0.2) is 40.1 Å². The Kier molecular flexibility index (Phi) is 5.56. The normalized spacial score (nSPS) is 23.7. The van der Waals surface area contributed by atoms with E-state index in [2.05, 4.69) is 44.9 Å². The first-order valence-corrected chi connectivity index (χ1v) is 11.1. The molecule has 5 nitrogen and oxygen atoms in total. The van der Waals surface area contributed by atoms with Crippen LogP contribution in [0.2, 0.25) is 0 Å². The number of thioether (sulfide) groups is 1. The van der Waals surface area contributed by atoms with Crippen molar-refractivity contribution in [3.05, 3.63) is 52.3 Å². The number of pyridine rings is 1. The van der Waals surface area contributed by atoms with Crippen molar-refractivity contribution in [2.75, 3.05) is 13.7 Å². The lowest BCUT2D eigenvalue weighted by atomic mass is 9.96. The number of ether oxygens (including phenoxy) is 2. The Morgan fingerprint density at radius 1 is 1.25 bits per heavy atom. The number of hydrogen-bond donors (Lipinski definition) is 0. The Hall–Kier alpha value is -1.73. The van der Waals surface area contributed by atoms with Crippen LogP contribution in [0.4, 0.5) is 0 Å². The summed E-state index contributed by atoms with van der Waals surface area (Å²) in [7, 11) is 1.68. The molecule has 0 spiro atoms. The highest BCUT2D eigenvalue weighted by Gasteiger charge is 2.44. The number of methoxy groups -OCH3 is 1. The molecular weight excluding hydrogens is 438 g/mol. The molecule has 28 heavy (non-hydrogen) atoms. The van der Waals surface area contributed by atoms with Gasteiger partial charge in [0.15, 0.2) is 16.7 Å². The Balaban J connectivity index is 1.79. The van der Waals surface area contributed by atoms with Crippen molar-refractivity contribution in [2.24, 2.45) is 4.99 Å². The Morgan fingerprint density at radius 2 is 2.07 bits per heavy atom. The highest BCUT2D eigenvalue weighted by Crippen LogP contribution is 2.50. The van der Waals surface area contributed by atoms with Gasteiger partial charge in [0.2, 0.25) is 0 Å². The molecule has 4 rings (SSSR count). The van der Waals surface area contributed by atoms with Crippen LogP contribution in [0, 0.1) is 0 Å². The lowest BCUT2D eigenvalue weighted by Gasteiger charge is -2.29. The van der Waals surface area contributed by atoms with E-state index >= 15 is 0 Å². The maximum atomic E-state index is 5.94. The zero-order valence-corrected chi connectivity index (χ0v) is 18.8. The SMILES string of the molecule is COc1cc([C@H]2[C@H](c3ccccn3)N=C3S[C@@H](C)CN32)c(Br)cc1OC(C)C. The van der Waals surface area contributed by atoms with Crippen molar-refractivity contribution in [1.82, 2.24) is 9.88 Å². The fourth-order valence-electron chi connectivity index (χ4n) is 3.74. The fraction of sp³-hybridized carbons (Fsp3) is 0.429. The van der Waals surface area contributed by atoms with E-state index in [4.69, 9.17) is 14.5 Å². The first-order valence-electron chi connectivity index (χ1n) is 9.44. The van der Waals surface area contributed by atoms with Gasteiger partial charge in [0.05, 0.1) is 24.9 Å². The van der Waals surface area contributed by atoms with E-state index in [0.717, 1.165) is 38.9 Å². The summed E-state index contributed by atoms with van der Waals surface area (Å²) in [6, 6.07) is 10.1. The van der Waals surface area contributed by atoms with Crippen LogP contribution in [0.3, 0.4) is 0 Å². The summed E-state index contributed by atoms with van der Waals surface area (Å²) in [5.41, 5.74) is 2.12. The highest BCUT2D eigenvalue weighted by molar-refractivity contribution is 9.10. The average Bonchev–Trinajstić information content (AvgIpc) is 3.18. The van der Waals surface area contributed by atoms with Crippen LogP contribution in [-0.2, 0) is 0 Å². The van der Waals surface area contributed by atoms with Crippen molar-refractivity contribution in [1.29, 1.82) is 0 Å². The van der Waals surface area contributed by atoms with Gasteiger partial charge in [-0.3, -0.25) is 9.98 Å². The van der Waals surface area contributed by atoms with E-state index < -0.39 is 0 Å². The molecule has 0 amide bonds. The Bertz CT molecular complexity index is 891. The van der Waals surface area contributed by atoms with Gasteiger partial charge in [-0.25, -0.2) is 0 Å². The summed E-state index contributed by atoms with van der Waals surface area (Å²) in [4.78, 5) is 12.0. The van der Waals surface area contributed by atoms with Crippen LogP contribution >= 0.6 is 27.7 Å². The third-order valence-electron chi connectivity index (χ3n) is 4.85. The third-order valence-corrected chi connectivity index (χ3v) is 6.63. The first-order chi connectivity index (χ1) is 13.5. The molecule has 1 aromatic heterocycles. The molecule has 2 aromatic rings. The average molecular weight is 462 g/mol. The molecule has 0 bridgehead atoms. The largest absolute Gasteiger partial charge is 0.493 e. The molecule has 1 aromatic carbocycles. The smallest absolute Gasteiger partial charge is 0.162 e.